The molecule has 1 aliphatic rings. The van der Waals surface area contributed by atoms with Crippen LogP contribution in [0.5, 0.6) is 5.88 Å². The molecule has 0 saturated carbocycles. The molecule has 1 fully saturated rings. The number of benzene rings is 1. The normalized spacial score (nSPS) is 15.1. The van der Waals surface area contributed by atoms with Crippen LogP contribution in [0.1, 0.15) is 53.9 Å². The molecule has 4 rings (SSSR count). The molecule has 2 N–H and O–H groups in total. The van der Waals surface area contributed by atoms with Crippen LogP contribution < -0.4 is 10.1 Å². The Morgan fingerprint density at radius 1 is 1.18 bits per heavy atom. The van der Waals surface area contributed by atoms with Crippen molar-refractivity contribution in [3.63, 3.8) is 0 Å². The van der Waals surface area contributed by atoms with Crippen molar-refractivity contribution >= 4 is 27.6 Å². The third-order valence-electron chi connectivity index (χ3n) is 6.57. The summed E-state index contributed by atoms with van der Waals surface area (Å²) < 4.78 is 63.7. The molecule has 1 aliphatic heterocycles. The van der Waals surface area contributed by atoms with E-state index in [-0.39, 0.29) is 36.9 Å². The highest BCUT2D eigenvalue weighted by Gasteiger charge is 2.56. The van der Waals surface area contributed by atoms with E-state index >= 15 is 0 Å². The molecule has 1 amide bonds. The van der Waals surface area contributed by atoms with Crippen LogP contribution >= 0.6 is 0 Å². The van der Waals surface area contributed by atoms with Crippen molar-refractivity contribution in [3.8, 4) is 5.88 Å². The van der Waals surface area contributed by atoms with Gasteiger partial charge < -0.3 is 14.8 Å². The predicted octanol–water partition coefficient (Wildman–Crippen LogP) is 3.60. The van der Waals surface area contributed by atoms with Gasteiger partial charge in [0.05, 0.1) is 12.8 Å². The van der Waals surface area contributed by atoms with Crippen LogP contribution in [-0.2, 0) is 25.0 Å². The van der Waals surface area contributed by atoms with Gasteiger partial charge in [0.2, 0.25) is 11.8 Å². The maximum Gasteiger partial charge on any atom is 0.388 e. The number of alkyl halides is 2. The number of aromatic nitrogens is 3. The van der Waals surface area contributed by atoms with Crippen LogP contribution in [0.2, 0.25) is 0 Å². The minimum atomic E-state index is -4.30. The Balaban J connectivity index is 1.73. The van der Waals surface area contributed by atoms with E-state index < -0.39 is 44.8 Å². The number of hydrogen-bond acceptors (Lipinski definition) is 8. The van der Waals surface area contributed by atoms with Crippen LogP contribution in [0.4, 0.5) is 14.5 Å². The van der Waals surface area contributed by atoms with Crippen LogP contribution in [0.25, 0.3) is 0 Å². The molecule has 3 aromatic rings. The minimum absolute atomic E-state index is 0.0201. The van der Waals surface area contributed by atoms with Gasteiger partial charge in [-0.25, -0.2) is 18.2 Å². The molecule has 0 aliphatic carbocycles. The number of anilines is 1. The molecule has 11 nitrogen and oxygen atoms in total. The van der Waals surface area contributed by atoms with E-state index in [4.69, 9.17) is 4.74 Å². The van der Waals surface area contributed by atoms with Crippen molar-refractivity contribution in [2.24, 2.45) is 0 Å². The van der Waals surface area contributed by atoms with Crippen LogP contribution in [0.15, 0.2) is 47.6 Å². The first kappa shape index (κ1) is 29.1. The second-order valence-electron chi connectivity index (χ2n) is 9.57. The van der Waals surface area contributed by atoms with Gasteiger partial charge in [0.15, 0.2) is 5.03 Å². The molecule has 0 bridgehead atoms. The lowest BCUT2D eigenvalue weighted by atomic mass is 9.71. The number of carbonyl (C=O) groups is 2. The quantitative estimate of drug-likeness (QED) is 0.348. The molecule has 1 saturated heterocycles. The standard InChI is InChI=1S/C26H29F2N5O6S/c1-5-38-23(34)18-12-29-32-22(18)40(36,37)33-13-26(14-33,19-9-7-6-8-17(19)15(2)3)24(35)31-20-11-10-16(4)30-21(20)39-25(27)28/h6-12,15,25H,5,13-14H2,1-4H3,(H,29,32)(H,31,35). The van der Waals surface area contributed by atoms with Crippen LogP contribution in [0, 0.1) is 6.92 Å². The van der Waals surface area contributed by atoms with Gasteiger partial charge in [0.25, 0.3) is 10.0 Å². The van der Waals surface area contributed by atoms with E-state index in [1.165, 1.54) is 12.1 Å². The number of carbonyl (C=O) groups excluding carboxylic acids is 2. The molecule has 40 heavy (non-hydrogen) atoms. The number of nitrogens with zero attached hydrogens (tertiary/aromatic N) is 3. The molecule has 1 aromatic carbocycles. The summed E-state index contributed by atoms with van der Waals surface area (Å²) in [6.07, 6.45) is 1.06. The fourth-order valence-electron chi connectivity index (χ4n) is 4.60. The Bertz CT molecular complexity index is 1520. The van der Waals surface area contributed by atoms with Gasteiger partial charge in [-0.05, 0) is 43.0 Å². The van der Waals surface area contributed by atoms with Gasteiger partial charge in [-0.1, -0.05) is 38.1 Å². The van der Waals surface area contributed by atoms with Crippen molar-refractivity contribution in [1.29, 1.82) is 0 Å². The third-order valence-corrected chi connectivity index (χ3v) is 8.34. The van der Waals surface area contributed by atoms with E-state index in [0.29, 0.717) is 11.3 Å². The number of esters is 1. The lowest BCUT2D eigenvalue weighted by Crippen LogP contribution is -2.66. The maximum absolute atomic E-state index is 13.9. The molecular formula is C26H29F2N5O6S. The van der Waals surface area contributed by atoms with Gasteiger partial charge in [0.1, 0.15) is 16.7 Å². The molecule has 3 heterocycles. The SMILES string of the molecule is CCOC(=O)c1cn[nH]c1S(=O)(=O)N1CC(C(=O)Nc2ccc(C)nc2OC(F)F)(c2ccccc2C(C)C)C1. The zero-order valence-corrected chi connectivity index (χ0v) is 23.1. The summed E-state index contributed by atoms with van der Waals surface area (Å²) in [5.41, 5.74) is 0.0505. The summed E-state index contributed by atoms with van der Waals surface area (Å²) in [5, 5.41) is 8.23. The van der Waals surface area contributed by atoms with Crippen molar-refractivity contribution in [3.05, 3.63) is 65.0 Å². The molecular weight excluding hydrogens is 548 g/mol. The topological polar surface area (TPSA) is 144 Å². The number of hydrogen-bond donors (Lipinski definition) is 2. The van der Waals surface area contributed by atoms with Crippen molar-refractivity contribution < 1.29 is 36.3 Å². The lowest BCUT2D eigenvalue weighted by molar-refractivity contribution is -0.125. The third kappa shape index (κ3) is 5.41. The largest absolute Gasteiger partial charge is 0.462 e. The average molecular weight is 578 g/mol. The number of rotatable bonds is 10. The molecule has 14 heteroatoms. The lowest BCUT2D eigenvalue weighted by Gasteiger charge is -2.48. The van der Waals surface area contributed by atoms with Crippen molar-refractivity contribution in [1.82, 2.24) is 19.5 Å². The Morgan fingerprint density at radius 3 is 2.52 bits per heavy atom. The zero-order valence-electron chi connectivity index (χ0n) is 22.3. The Kier molecular flexibility index (Phi) is 8.21. The number of H-pyrrole nitrogens is 1. The number of pyridine rings is 1. The van der Waals surface area contributed by atoms with Gasteiger partial charge >= 0.3 is 12.6 Å². The second kappa shape index (κ2) is 11.3. The van der Waals surface area contributed by atoms with E-state index in [1.807, 2.05) is 26.0 Å². The van der Waals surface area contributed by atoms with Gasteiger partial charge in [-0.2, -0.15) is 18.2 Å². The summed E-state index contributed by atoms with van der Waals surface area (Å²) in [6, 6.07) is 10.0. The van der Waals surface area contributed by atoms with Crippen LogP contribution in [-0.4, -0.2) is 66.1 Å². The zero-order chi connectivity index (χ0) is 29.2. The number of sulfonamides is 1. The number of aryl methyl sites for hydroxylation is 1. The first-order valence-corrected chi connectivity index (χ1v) is 13.9. The summed E-state index contributed by atoms with van der Waals surface area (Å²) in [5.74, 6) is -1.97. The van der Waals surface area contributed by atoms with Crippen LogP contribution in [0.3, 0.4) is 0 Å². The molecule has 0 unspecified atom stereocenters. The Morgan fingerprint density at radius 2 is 1.88 bits per heavy atom. The summed E-state index contributed by atoms with van der Waals surface area (Å²) in [6.45, 7) is 3.31. The number of halogens is 2. The second-order valence-corrected chi connectivity index (χ2v) is 11.4. The summed E-state index contributed by atoms with van der Waals surface area (Å²) in [7, 11) is -4.30. The maximum atomic E-state index is 13.9. The predicted molar refractivity (Wildman–Crippen MR) is 140 cm³/mol. The summed E-state index contributed by atoms with van der Waals surface area (Å²) in [4.78, 5) is 30.2. The number of ether oxygens (including phenoxy) is 2. The van der Waals surface area contributed by atoms with Gasteiger partial charge in [0, 0.05) is 18.8 Å². The minimum Gasteiger partial charge on any atom is -0.462 e. The van der Waals surface area contributed by atoms with Gasteiger partial charge in [-0.3, -0.25) is 9.89 Å². The Hall–Kier alpha value is -3.91. The molecule has 2 aromatic heterocycles. The van der Waals surface area contributed by atoms with E-state index in [9.17, 15) is 26.8 Å². The van der Waals surface area contributed by atoms with Crippen molar-refractivity contribution in [2.75, 3.05) is 25.0 Å². The smallest absolute Gasteiger partial charge is 0.388 e. The fraction of sp³-hybridized carbons (Fsp3) is 0.385. The Labute approximate surface area is 229 Å². The highest BCUT2D eigenvalue weighted by molar-refractivity contribution is 7.89. The van der Waals surface area contributed by atoms with E-state index in [1.54, 1.807) is 26.0 Å². The molecule has 214 valence electrons. The highest BCUT2D eigenvalue weighted by Crippen LogP contribution is 2.43. The molecule has 0 radical (unpaired) electrons. The van der Waals surface area contributed by atoms with E-state index in [0.717, 1.165) is 16.1 Å². The first-order valence-electron chi connectivity index (χ1n) is 12.4. The van der Waals surface area contributed by atoms with Crippen molar-refractivity contribution in [2.45, 2.75) is 50.7 Å². The van der Waals surface area contributed by atoms with E-state index in [2.05, 4.69) is 25.2 Å². The monoisotopic (exact) mass is 577 g/mol. The van der Waals surface area contributed by atoms with Gasteiger partial charge in [-0.15, -0.1) is 0 Å². The average Bonchev–Trinajstić information content (AvgIpc) is 3.36. The summed E-state index contributed by atoms with van der Waals surface area (Å²) >= 11 is 0. The molecule has 0 spiro atoms. The molecule has 0 atom stereocenters. The number of amides is 1. The fourth-order valence-corrected chi connectivity index (χ4v) is 6.22. The number of nitrogens with one attached hydrogen (secondary N) is 2. The number of aromatic amines is 1. The highest BCUT2D eigenvalue weighted by atomic mass is 32.2. The first-order chi connectivity index (χ1) is 18.9.